The Morgan fingerprint density at radius 3 is 3.00 bits per heavy atom. The van der Waals surface area contributed by atoms with Gasteiger partial charge in [-0.1, -0.05) is 13.8 Å². The summed E-state index contributed by atoms with van der Waals surface area (Å²) >= 11 is 0. The van der Waals surface area contributed by atoms with Crippen molar-refractivity contribution in [3.05, 3.63) is 12.0 Å². The summed E-state index contributed by atoms with van der Waals surface area (Å²) in [6, 6.07) is 0. The molecule has 4 heteroatoms. The molecule has 0 saturated carbocycles. The zero-order chi connectivity index (χ0) is 10.2. The van der Waals surface area contributed by atoms with Gasteiger partial charge in [-0.05, 0) is 19.4 Å². The number of rotatable bonds is 7. The Morgan fingerprint density at radius 1 is 1.43 bits per heavy atom. The summed E-state index contributed by atoms with van der Waals surface area (Å²) in [4.78, 5) is 4.17. The number of hydrogen-bond donors (Lipinski definition) is 1. The molecule has 0 aliphatic carbocycles. The van der Waals surface area contributed by atoms with Crippen molar-refractivity contribution >= 4 is 0 Å². The van der Waals surface area contributed by atoms with Crippen LogP contribution in [-0.2, 0) is 6.54 Å². The van der Waals surface area contributed by atoms with Crippen molar-refractivity contribution in [1.29, 1.82) is 0 Å². The van der Waals surface area contributed by atoms with Crippen molar-refractivity contribution in [3.8, 4) is 6.08 Å². The van der Waals surface area contributed by atoms with Gasteiger partial charge < -0.3 is 14.5 Å². The maximum atomic E-state index is 5.24. The third-order valence-corrected chi connectivity index (χ3v) is 1.69. The van der Waals surface area contributed by atoms with Crippen LogP contribution in [0.3, 0.4) is 0 Å². The van der Waals surface area contributed by atoms with E-state index in [9.17, 15) is 0 Å². The first-order chi connectivity index (χ1) is 6.86. The molecular formula is C10H18N2O2. The fourth-order valence-electron chi connectivity index (χ4n) is 1.02. The van der Waals surface area contributed by atoms with Crippen LogP contribution in [0.2, 0.25) is 0 Å². The van der Waals surface area contributed by atoms with Crippen LogP contribution in [0, 0.1) is 0 Å². The van der Waals surface area contributed by atoms with Crippen LogP contribution in [0.5, 0.6) is 6.08 Å². The third kappa shape index (κ3) is 3.79. The average Bonchev–Trinajstić information content (AvgIpc) is 2.63. The molecule has 1 heterocycles. The van der Waals surface area contributed by atoms with Gasteiger partial charge in [0.1, 0.15) is 6.26 Å². The normalized spacial score (nSPS) is 10.4. The molecule has 0 aliphatic heterocycles. The Kier molecular flexibility index (Phi) is 5.07. The summed E-state index contributed by atoms with van der Waals surface area (Å²) in [7, 11) is 0. The van der Waals surface area contributed by atoms with Crippen molar-refractivity contribution in [2.24, 2.45) is 0 Å². The molecule has 0 aliphatic rings. The molecule has 1 aromatic heterocycles. The second kappa shape index (κ2) is 6.43. The van der Waals surface area contributed by atoms with Crippen LogP contribution >= 0.6 is 0 Å². The van der Waals surface area contributed by atoms with E-state index in [1.165, 1.54) is 0 Å². The quantitative estimate of drug-likeness (QED) is 0.680. The van der Waals surface area contributed by atoms with Crippen LogP contribution < -0.4 is 10.1 Å². The summed E-state index contributed by atoms with van der Waals surface area (Å²) in [5, 5.41) is 3.24. The van der Waals surface area contributed by atoms with E-state index in [2.05, 4.69) is 17.2 Å². The zero-order valence-corrected chi connectivity index (χ0v) is 8.88. The highest BCUT2D eigenvalue weighted by Gasteiger charge is 2.03. The Hall–Kier alpha value is -1.03. The molecule has 1 aromatic rings. The molecular weight excluding hydrogens is 180 g/mol. The Bertz CT molecular complexity index is 248. The Balaban J connectivity index is 2.27. The van der Waals surface area contributed by atoms with Gasteiger partial charge in [0.2, 0.25) is 0 Å². The van der Waals surface area contributed by atoms with Crippen LogP contribution in [0.15, 0.2) is 10.7 Å². The first-order valence-electron chi connectivity index (χ1n) is 5.14. The Morgan fingerprint density at radius 2 is 2.29 bits per heavy atom. The SMILES string of the molecule is CCCNCc1coc(OCCC)n1. The average molecular weight is 198 g/mol. The summed E-state index contributed by atoms with van der Waals surface area (Å²) < 4.78 is 10.4. The molecule has 0 aromatic carbocycles. The van der Waals surface area contributed by atoms with Crippen molar-refractivity contribution in [2.75, 3.05) is 13.2 Å². The monoisotopic (exact) mass is 198 g/mol. The molecule has 4 nitrogen and oxygen atoms in total. The van der Waals surface area contributed by atoms with Gasteiger partial charge in [-0.15, -0.1) is 0 Å². The molecule has 1 N–H and O–H groups in total. The lowest BCUT2D eigenvalue weighted by atomic mass is 10.4. The third-order valence-electron chi connectivity index (χ3n) is 1.69. The smallest absolute Gasteiger partial charge is 0.393 e. The lowest BCUT2D eigenvalue weighted by molar-refractivity contribution is 0.230. The maximum absolute atomic E-state index is 5.24. The van der Waals surface area contributed by atoms with Gasteiger partial charge in [0.05, 0.1) is 12.3 Å². The molecule has 80 valence electrons. The molecule has 0 radical (unpaired) electrons. The van der Waals surface area contributed by atoms with Gasteiger partial charge >= 0.3 is 6.08 Å². The van der Waals surface area contributed by atoms with Gasteiger partial charge in [-0.3, -0.25) is 0 Å². The Labute approximate surface area is 84.7 Å². The van der Waals surface area contributed by atoms with Gasteiger partial charge in [0.25, 0.3) is 0 Å². The van der Waals surface area contributed by atoms with Crippen molar-refractivity contribution in [3.63, 3.8) is 0 Å². The van der Waals surface area contributed by atoms with E-state index < -0.39 is 0 Å². The van der Waals surface area contributed by atoms with Crippen LogP contribution in [0.25, 0.3) is 0 Å². The van der Waals surface area contributed by atoms with Crippen molar-refractivity contribution < 1.29 is 9.15 Å². The predicted molar refractivity (Wildman–Crippen MR) is 54.3 cm³/mol. The second-order valence-corrected chi connectivity index (χ2v) is 3.13. The lowest BCUT2D eigenvalue weighted by Crippen LogP contribution is -2.13. The minimum atomic E-state index is 0.375. The van der Waals surface area contributed by atoms with E-state index in [0.29, 0.717) is 12.7 Å². The first kappa shape index (κ1) is 11.0. The van der Waals surface area contributed by atoms with E-state index in [-0.39, 0.29) is 0 Å². The molecule has 0 amide bonds. The van der Waals surface area contributed by atoms with Crippen molar-refractivity contribution in [2.45, 2.75) is 33.2 Å². The fourth-order valence-corrected chi connectivity index (χ4v) is 1.02. The number of oxazole rings is 1. The molecule has 0 saturated heterocycles. The summed E-state index contributed by atoms with van der Waals surface area (Å²) in [6.45, 7) is 6.57. The molecule has 1 rings (SSSR count). The number of hydrogen-bond acceptors (Lipinski definition) is 4. The summed E-state index contributed by atoms with van der Waals surface area (Å²) in [5.74, 6) is 0. The molecule has 0 fully saturated rings. The molecule has 14 heavy (non-hydrogen) atoms. The second-order valence-electron chi connectivity index (χ2n) is 3.13. The van der Waals surface area contributed by atoms with Gasteiger partial charge in [-0.25, -0.2) is 0 Å². The summed E-state index contributed by atoms with van der Waals surface area (Å²) in [6.07, 6.45) is 4.09. The molecule has 0 bridgehead atoms. The minimum Gasteiger partial charge on any atom is -0.450 e. The van der Waals surface area contributed by atoms with Crippen molar-refractivity contribution in [1.82, 2.24) is 10.3 Å². The van der Waals surface area contributed by atoms with E-state index in [1.54, 1.807) is 6.26 Å². The first-order valence-corrected chi connectivity index (χ1v) is 5.14. The van der Waals surface area contributed by atoms with E-state index in [4.69, 9.17) is 9.15 Å². The zero-order valence-electron chi connectivity index (χ0n) is 8.88. The summed E-state index contributed by atoms with van der Waals surface area (Å²) in [5.41, 5.74) is 0.893. The number of nitrogens with zero attached hydrogens (tertiary/aromatic N) is 1. The number of nitrogens with one attached hydrogen (secondary N) is 1. The molecule has 0 unspecified atom stereocenters. The van der Waals surface area contributed by atoms with Crippen LogP contribution in [-0.4, -0.2) is 18.1 Å². The van der Waals surface area contributed by atoms with Gasteiger partial charge in [0.15, 0.2) is 0 Å². The number of aromatic nitrogens is 1. The number of ether oxygens (including phenoxy) is 1. The highest BCUT2D eigenvalue weighted by molar-refractivity contribution is 4.99. The van der Waals surface area contributed by atoms with E-state index in [0.717, 1.165) is 31.6 Å². The minimum absolute atomic E-state index is 0.375. The standard InChI is InChI=1S/C10H18N2O2/c1-3-5-11-7-9-8-14-10(12-9)13-6-4-2/h8,11H,3-7H2,1-2H3. The van der Waals surface area contributed by atoms with Crippen LogP contribution in [0.1, 0.15) is 32.4 Å². The largest absolute Gasteiger partial charge is 0.450 e. The fraction of sp³-hybridized carbons (Fsp3) is 0.700. The van der Waals surface area contributed by atoms with E-state index in [1.807, 2.05) is 6.92 Å². The molecule has 0 spiro atoms. The highest BCUT2D eigenvalue weighted by Crippen LogP contribution is 2.09. The topological polar surface area (TPSA) is 47.3 Å². The highest BCUT2D eigenvalue weighted by atomic mass is 16.6. The maximum Gasteiger partial charge on any atom is 0.393 e. The predicted octanol–water partition coefficient (Wildman–Crippen LogP) is 1.96. The molecule has 0 atom stereocenters. The lowest BCUT2D eigenvalue weighted by Gasteiger charge is -1.97. The van der Waals surface area contributed by atoms with Gasteiger partial charge in [0, 0.05) is 6.54 Å². The van der Waals surface area contributed by atoms with Gasteiger partial charge in [-0.2, -0.15) is 4.98 Å². The van der Waals surface area contributed by atoms with Crippen LogP contribution in [0.4, 0.5) is 0 Å². The van der Waals surface area contributed by atoms with E-state index >= 15 is 0 Å².